The van der Waals surface area contributed by atoms with Gasteiger partial charge in [-0.05, 0) is 79.6 Å². The molecule has 5 heteroatoms. The van der Waals surface area contributed by atoms with Gasteiger partial charge in [-0.3, -0.25) is 0 Å². The lowest BCUT2D eigenvalue weighted by Gasteiger charge is -2.19. The van der Waals surface area contributed by atoms with Crippen LogP contribution in [-0.2, 0) is 0 Å². The van der Waals surface area contributed by atoms with Crippen LogP contribution in [0.1, 0.15) is 21.5 Å². The fraction of sp³-hybridized carbons (Fsp3) is 0.0588. The predicted molar refractivity (Wildman–Crippen MR) is 156 cm³/mol. The van der Waals surface area contributed by atoms with Crippen LogP contribution in [0.15, 0.2) is 119 Å². The summed E-state index contributed by atoms with van der Waals surface area (Å²) in [6.07, 6.45) is 0. The molecular weight excluding hydrogens is 484 g/mol. The molecule has 0 bridgehead atoms. The molecule has 0 amide bonds. The van der Waals surface area contributed by atoms with Crippen molar-refractivity contribution in [2.24, 2.45) is 4.99 Å². The standard InChI is InChI=1S/C34H26N2O3/c1-21-12-14-24(15-13-21)35-25-16-17-28-32(19-25)39-31-18-22(2)30(36-23-8-4-3-5-9-23)20-29(31)33(28)26-10-6-7-11-27(26)34(37)38/h3-20,36H,1-2H3,(H,37,38). The van der Waals surface area contributed by atoms with Crippen molar-refractivity contribution < 1.29 is 14.3 Å². The summed E-state index contributed by atoms with van der Waals surface area (Å²) in [6.45, 7) is 4.07. The minimum Gasteiger partial charge on any atom is -0.478 e. The van der Waals surface area contributed by atoms with Gasteiger partial charge in [0.1, 0.15) is 11.3 Å². The Morgan fingerprint density at radius 3 is 2.31 bits per heavy atom. The lowest BCUT2D eigenvalue weighted by molar-refractivity contribution is 0.0697. The van der Waals surface area contributed by atoms with Crippen LogP contribution in [0.4, 0.5) is 17.1 Å². The van der Waals surface area contributed by atoms with Crippen LogP contribution >= 0.6 is 0 Å². The summed E-state index contributed by atoms with van der Waals surface area (Å²) in [5.41, 5.74) is 8.07. The number of hydrogen-bond donors (Lipinski definition) is 2. The lowest BCUT2D eigenvalue weighted by atomic mass is 9.90. The summed E-state index contributed by atoms with van der Waals surface area (Å²) in [4.78, 5) is 17.0. The predicted octanol–water partition coefficient (Wildman–Crippen LogP) is 8.50. The summed E-state index contributed by atoms with van der Waals surface area (Å²) in [6, 6.07) is 34.9. The van der Waals surface area contributed by atoms with E-state index in [1.165, 1.54) is 5.56 Å². The molecule has 0 spiro atoms. The maximum atomic E-state index is 12.3. The Morgan fingerprint density at radius 2 is 1.54 bits per heavy atom. The van der Waals surface area contributed by atoms with Crippen molar-refractivity contribution >= 4 is 34.0 Å². The number of carboxylic acids is 1. The Morgan fingerprint density at radius 1 is 0.795 bits per heavy atom. The number of carbonyl (C=O) groups is 1. The van der Waals surface area contributed by atoms with Crippen LogP contribution in [0, 0.1) is 13.8 Å². The number of benzene rings is 5. The monoisotopic (exact) mass is 510 g/mol. The molecule has 0 radical (unpaired) electrons. The average Bonchev–Trinajstić information content (AvgIpc) is 2.94. The molecule has 0 atom stereocenters. The molecule has 2 aliphatic rings. The smallest absolute Gasteiger partial charge is 0.336 e. The maximum absolute atomic E-state index is 12.3. The molecule has 1 aliphatic heterocycles. The lowest BCUT2D eigenvalue weighted by Crippen LogP contribution is -2.05. The number of aromatic carboxylic acids is 1. The summed E-state index contributed by atoms with van der Waals surface area (Å²) >= 11 is 0. The van der Waals surface area contributed by atoms with Gasteiger partial charge in [0, 0.05) is 34.0 Å². The summed E-state index contributed by atoms with van der Waals surface area (Å²) in [5, 5.41) is 15.1. The third-order valence-electron chi connectivity index (χ3n) is 6.82. The molecule has 0 fully saturated rings. The van der Waals surface area contributed by atoms with Gasteiger partial charge in [-0.25, -0.2) is 9.79 Å². The van der Waals surface area contributed by atoms with E-state index in [1.807, 2.05) is 111 Å². The number of aryl methyl sites for hydroxylation is 2. The molecule has 1 aliphatic carbocycles. The Bertz CT molecular complexity index is 1870. The van der Waals surface area contributed by atoms with E-state index in [1.54, 1.807) is 12.1 Å². The third kappa shape index (κ3) is 4.78. The highest BCUT2D eigenvalue weighted by Gasteiger charge is 2.22. The first-order valence-electron chi connectivity index (χ1n) is 12.7. The highest BCUT2D eigenvalue weighted by atomic mass is 16.4. The summed E-state index contributed by atoms with van der Waals surface area (Å²) in [5.74, 6) is -0.345. The van der Waals surface area contributed by atoms with Gasteiger partial charge in [0.15, 0.2) is 0 Å². The highest BCUT2D eigenvalue weighted by Crippen LogP contribution is 2.43. The van der Waals surface area contributed by atoms with Crippen LogP contribution in [-0.4, -0.2) is 11.1 Å². The zero-order valence-electron chi connectivity index (χ0n) is 21.6. The van der Waals surface area contributed by atoms with E-state index in [0.717, 1.165) is 44.5 Å². The number of rotatable bonds is 5. The first-order valence-corrected chi connectivity index (χ1v) is 12.7. The Hall–Kier alpha value is -5.16. The van der Waals surface area contributed by atoms with Gasteiger partial charge < -0.3 is 14.8 Å². The number of carboxylic acid groups (broad SMARTS) is 1. The fourth-order valence-corrected chi connectivity index (χ4v) is 4.85. The van der Waals surface area contributed by atoms with Gasteiger partial charge in [-0.15, -0.1) is 0 Å². The molecule has 2 N–H and O–H groups in total. The van der Waals surface area contributed by atoms with Crippen molar-refractivity contribution in [3.8, 4) is 22.5 Å². The Balaban J connectivity index is 1.63. The summed E-state index contributed by atoms with van der Waals surface area (Å²) < 4.78 is 6.46. The van der Waals surface area contributed by atoms with Crippen molar-refractivity contribution in [1.29, 1.82) is 0 Å². The topological polar surface area (TPSA) is 74.8 Å². The molecule has 39 heavy (non-hydrogen) atoms. The van der Waals surface area contributed by atoms with E-state index in [4.69, 9.17) is 9.41 Å². The zero-order valence-corrected chi connectivity index (χ0v) is 21.6. The SMILES string of the molecule is Cc1ccc(N=c2ccc3c(-c4ccccc4C(=O)O)c4cc(Nc5ccccc5)c(C)cc4oc-3c2)cc1. The van der Waals surface area contributed by atoms with Gasteiger partial charge >= 0.3 is 5.97 Å². The molecule has 4 aromatic rings. The van der Waals surface area contributed by atoms with E-state index >= 15 is 0 Å². The van der Waals surface area contributed by atoms with Crippen molar-refractivity contribution in [1.82, 2.24) is 0 Å². The van der Waals surface area contributed by atoms with Gasteiger partial charge in [-0.2, -0.15) is 0 Å². The molecule has 5 nitrogen and oxygen atoms in total. The molecule has 6 rings (SSSR count). The second-order valence-electron chi connectivity index (χ2n) is 9.61. The van der Waals surface area contributed by atoms with Crippen LogP contribution in [0.25, 0.3) is 33.4 Å². The van der Waals surface area contributed by atoms with Gasteiger partial charge in [-0.1, -0.05) is 54.1 Å². The van der Waals surface area contributed by atoms with E-state index in [9.17, 15) is 9.90 Å². The second-order valence-corrected chi connectivity index (χ2v) is 9.61. The van der Waals surface area contributed by atoms with Crippen LogP contribution in [0.3, 0.4) is 0 Å². The number of hydrogen-bond acceptors (Lipinski definition) is 4. The van der Waals surface area contributed by atoms with Gasteiger partial charge in [0.25, 0.3) is 0 Å². The first-order chi connectivity index (χ1) is 19.0. The van der Waals surface area contributed by atoms with Crippen LogP contribution < -0.4 is 10.7 Å². The fourth-order valence-electron chi connectivity index (χ4n) is 4.85. The molecule has 190 valence electrons. The Labute approximate surface area is 226 Å². The van der Waals surface area contributed by atoms with Gasteiger partial charge in [0.05, 0.1) is 16.6 Å². The van der Waals surface area contributed by atoms with Gasteiger partial charge in [0.2, 0.25) is 0 Å². The normalized spacial score (nSPS) is 11.7. The van der Waals surface area contributed by atoms with Crippen LogP contribution in [0.5, 0.6) is 0 Å². The minimum atomic E-state index is -0.978. The largest absolute Gasteiger partial charge is 0.478 e. The quantitative estimate of drug-likeness (QED) is 0.228. The number of fused-ring (bicyclic) bond motifs is 2. The molecule has 0 saturated heterocycles. The van der Waals surface area contributed by atoms with Crippen LogP contribution in [0.2, 0.25) is 0 Å². The Kier molecular flexibility index (Phi) is 6.17. The molecule has 0 saturated carbocycles. The van der Waals surface area contributed by atoms with E-state index < -0.39 is 5.97 Å². The van der Waals surface area contributed by atoms with E-state index in [2.05, 4.69) is 5.32 Å². The second kappa shape index (κ2) is 9.95. The number of nitrogens with one attached hydrogen (secondary N) is 1. The van der Waals surface area contributed by atoms with E-state index in [0.29, 0.717) is 16.9 Å². The molecule has 1 heterocycles. The van der Waals surface area contributed by atoms with Crippen molar-refractivity contribution in [3.63, 3.8) is 0 Å². The number of anilines is 2. The molecule has 0 unspecified atom stereocenters. The molecule has 4 aromatic carbocycles. The molecule has 0 aromatic heterocycles. The number of nitrogens with zero attached hydrogens (tertiary/aromatic N) is 1. The minimum absolute atomic E-state index is 0.234. The van der Waals surface area contributed by atoms with Crippen molar-refractivity contribution in [2.75, 3.05) is 5.32 Å². The van der Waals surface area contributed by atoms with Crippen molar-refractivity contribution in [3.05, 3.63) is 131 Å². The maximum Gasteiger partial charge on any atom is 0.336 e. The highest BCUT2D eigenvalue weighted by molar-refractivity contribution is 6.08. The first kappa shape index (κ1) is 24.2. The van der Waals surface area contributed by atoms with E-state index in [-0.39, 0.29) is 5.56 Å². The zero-order chi connectivity index (χ0) is 26.9. The number of para-hydroxylation sites is 1. The van der Waals surface area contributed by atoms with Crippen molar-refractivity contribution in [2.45, 2.75) is 13.8 Å². The average molecular weight is 511 g/mol. The summed E-state index contributed by atoms with van der Waals surface area (Å²) in [7, 11) is 0. The molecular formula is C34H26N2O3. The third-order valence-corrected chi connectivity index (χ3v) is 6.82.